The Morgan fingerprint density at radius 1 is 1.53 bits per heavy atom. The van der Waals surface area contributed by atoms with Crippen molar-refractivity contribution in [3.05, 3.63) is 29.8 Å². The van der Waals surface area contributed by atoms with Gasteiger partial charge in [0.25, 0.3) is 5.91 Å². The molecule has 0 aliphatic carbocycles. The third kappa shape index (κ3) is 5.98. The third-order valence-corrected chi connectivity index (χ3v) is 4.08. The van der Waals surface area contributed by atoms with E-state index < -0.39 is 0 Å². The minimum absolute atomic E-state index is 0.309. The molecule has 0 heterocycles. The number of carbonyl (C=O) groups excluding carboxylic acids is 1. The fourth-order valence-electron chi connectivity index (χ4n) is 1.43. The number of thioether (sulfide) groups is 1. The molecule has 0 aromatic heterocycles. The zero-order chi connectivity index (χ0) is 14.1. The van der Waals surface area contributed by atoms with Gasteiger partial charge in [0.1, 0.15) is 5.75 Å². The molecule has 0 radical (unpaired) electrons. The van der Waals surface area contributed by atoms with E-state index in [1.807, 2.05) is 17.8 Å². The van der Waals surface area contributed by atoms with Crippen molar-refractivity contribution in [2.75, 3.05) is 18.1 Å². The molecule has 4 nitrogen and oxygen atoms in total. The zero-order valence-electron chi connectivity index (χ0n) is 11.5. The lowest BCUT2D eigenvalue weighted by Gasteiger charge is -2.09. The summed E-state index contributed by atoms with van der Waals surface area (Å²) >= 11 is 1.90. The van der Waals surface area contributed by atoms with E-state index in [9.17, 15) is 4.79 Å². The molecule has 1 aromatic rings. The van der Waals surface area contributed by atoms with E-state index in [1.54, 1.807) is 18.2 Å². The van der Waals surface area contributed by atoms with E-state index >= 15 is 0 Å². The van der Waals surface area contributed by atoms with Gasteiger partial charge >= 0.3 is 0 Å². The highest BCUT2D eigenvalue weighted by atomic mass is 32.2. The molecule has 106 valence electrons. The van der Waals surface area contributed by atoms with E-state index in [0.29, 0.717) is 17.9 Å². The average molecular weight is 282 g/mol. The van der Waals surface area contributed by atoms with Crippen LogP contribution in [0.1, 0.15) is 30.6 Å². The number of benzene rings is 1. The number of amides is 1. The Hall–Kier alpha value is -1.20. The first-order valence-electron chi connectivity index (χ1n) is 6.49. The molecule has 1 unspecified atom stereocenters. The van der Waals surface area contributed by atoms with Gasteiger partial charge in [0.05, 0.1) is 6.61 Å². The van der Waals surface area contributed by atoms with E-state index in [4.69, 9.17) is 10.6 Å². The second kappa shape index (κ2) is 8.82. The summed E-state index contributed by atoms with van der Waals surface area (Å²) in [5, 5.41) is 0. The maximum Gasteiger partial charge on any atom is 0.265 e. The van der Waals surface area contributed by atoms with Crippen molar-refractivity contribution in [1.29, 1.82) is 0 Å². The van der Waals surface area contributed by atoms with Gasteiger partial charge < -0.3 is 4.74 Å². The minimum atomic E-state index is -0.309. The molecule has 0 saturated heterocycles. The molecule has 0 aliphatic rings. The van der Waals surface area contributed by atoms with Gasteiger partial charge in [0.15, 0.2) is 0 Å². The number of carbonyl (C=O) groups is 1. The van der Waals surface area contributed by atoms with Crippen molar-refractivity contribution in [2.24, 2.45) is 11.8 Å². The van der Waals surface area contributed by atoms with Gasteiger partial charge in [0, 0.05) is 11.3 Å². The van der Waals surface area contributed by atoms with Gasteiger partial charge in [-0.15, -0.1) is 0 Å². The number of hydrogen-bond donors (Lipinski definition) is 2. The monoisotopic (exact) mass is 282 g/mol. The topological polar surface area (TPSA) is 64.3 Å². The molecule has 1 aromatic carbocycles. The molecule has 1 amide bonds. The van der Waals surface area contributed by atoms with E-state index in [0.717, 1.165) is 17.4 Å². The van der Waals surface area contributed by atoms with Crippen molar-refractivity contribution in [3.8, 4) is 5.75 Å². The largest absolute Gasteiger partial charge is 0.493 e. The maximum absolute atomic E-state index is 11.4. The Labute approximate surface area is 119 Å². The van der Waals surface area contributed by atoms with Crippen molar-refractivity contribution in [3.63, 3.8) is 0 Å². The van der Waals surface area contributed by atoms with Crippen LogP contribution in [0.3, 0.4) is 0 Å². The maximum atomic E-state index is 11.4. The average Bonchev–Trinajstić information content (AvgIpc) is 2.46. The second-order valence-electron chi connectivity index (χ2n) is 4.44. The van der Waals surface area contributed by atoms with Gasteiger partial charge in [-0.05, 0) is 29.9 Å². The summed E-state index contributed by atoms with van der Waals surface area (Å²) in [7, 11) is 0. The highest BCUT2D eigenvalue weighted by molar-refractivity contribution is 7.99. The van der Waals surface area contributed by atoms with Crippen LogP contribution in [0, 0.1) is 5.92 Å². The first-order chi connectivity index (χ1) is 9.17. The summed E-state index contributed by atoms with van der Waals surface area (Å²) in [5.74, 6) is 8.35. The van der Waals surface area contributed by atoms with Crippen molar-refractivity contribution >= 4 is 17.7 Å². The van der Waals surface area contributed by atoms with Gasteiger partial charge in [-0.25, -0.2) is 5.84 Å². The highest BCUT2D eigenvalue weighted by Crippen LogP contribution is 2.15. The van der Waals surface area contributed by atoms with Crippen LogP contribution in [0.2, 0.25) is 0 Å². The molecular weight excluding hydrogens is 260 g/mol. The number of ether oxygens (including phenoxy) is 1. The fourth-order valence-corrected chi connectivity index (χ4v) is 2.44. The predicted octanol–water partition coefficient (Wildman–Crippen LogP) is 2.45. The van der Waals surface area contributed by atoms with Crippen LogP contribution in [-0.2, 0) is 0 Å². The number of hydrazine groups is 1. The molecule has 0 aliphatic heterocycles. The van der Waals surface area contributed by atoms with Crippen LogP contribution in [-0.4, -0.2) is 24.0 Å². The van der Waals surface area contributed by atoms with Crippen molar-refractivity contribution in [2.45, 2.75) is 20.3 Å². The summed E-state index contributed by atoms with van der Waals surface area (Å²) in [6.07, 6.45) is 1.21. The van der Waals surface area contributed by atoms with Crippen molar-refractivity contribution in [1.82, 2.24) is 5.43 Å². The van der Waals surface area contributed by atoms with E-state index in [2.05, 4.69) is 19.3 Å². The third-order valence-electron chi connectivity index (χ3n) is 2.82. The normalized spacial score (nSPS) is 11.9. The van der Waals surface area contributed by atoms with Crippen LogP contribution in [0.15, 0.2) is 24.3 Å². The zero-order valence-corrected chi connectivity index (χ0v) is 12.3. The molecule has 0 spiro atoms. The molecule has 0 saturated carbocycles. The molecule has 1 atom stereocenters. The minimum Gasteiger partial charge on any atom is -0.493 e. The van der Waals surface area contributed by atoms with Crippen LogP contribution in [0.4, 0.5) is 0 Å². The number of rotatable bonds is 8. The Kier molecular flexibility index (Phi) is 7.36. The first-order valence-corrected chi connectivity index (χ1v) is 7.64. The smallest absolute Gasteiger partial charge is 0.265 e. The van der Waals surface area contributed by atoms with Crippen LogP contribution in [0.5, 0.6) is 5.75 Å². The van der Waals surface area contributed by atoms with E-state index in [1.165, 1.54) is 6.42 Å². The van der Waals surface area contributed by atoms with Crippen LogP contribution >= 0.6 is 11.8 Å². The summed E-state index contributed by atoms with van der Waals surface area (Å²) < 4.78 is 5.62. The lowest BCUT2D eigenvalue weighted by atomic mass is 10.2. The molecule has 0 bridgehead atoms. The molecular formula is C14H22N2O2S. The van der Waals surface area contributed by atoms with Gasteiger partial charge in [-0.2, -0.15) is 11.8 Å². The lowest BCUT2D eigenvalue weighted by molar-refractivity contribution is 0.0953. The van der Waals surface area contributed by atoms with Crippen LogP contribution < -0.4 is 16.0 Å². The van der Waals surface area contributed by atoms with Crippen molar-refractivity contribution < 1.29 is 9.53 Å². The highest BCUT2D eigenvalue weighted by Gasteiger charge is 2.04. The predicted molar refractivity (Wildman–Crippen MR) is 80.4 cm³/mol. The number of hydrogen-bond acceptors (Lipinski definition) is 4. The number of nitrogens with one attached hydrogen (secondary N) is 1. The van der Waals surface area contributed by atoms with Gasteiger partial charge in [-0.1, -0.05) is 26.3 Å². The summed E-state index contributed by atoms with van der Waals surface area (Å²) in [4.78, 5) is 11.4. The number of nitrogens with two attached hydrogens (primary N) is 1. The Morgan fingerprint density at radius 3 is 3.00 bits per heavy atom. The standard InChI is InChI=1S/C14H22N2O2S/c1-3-11(2)10-19-8-7-18-13-6-4-5-12(9-13)14(17)16-15/h4-6,9,11H,3,7-8,10,15H2,1-2H3,(H,16,17). The van der Waals surface area contributed by atoms with Gasteiger partial charge in [-0.3, -0.25) is 10.2 Å². The lowest BCUT2D eigenvalue weighted by Crippen LogP contribution is -2.29. The summed E-state index contributed by atoms with van der Waals surface area (Å²) in [6.45, 7) is 5.10. The molecule has 3 N–H and O–H groups in total. The molecule has 19 heavy (non-hydrogen) atoms. The molecule has 5 heteroatoms. The molecule has 0 fully saturated rings. The summed E-state index contributed by atoms with van der Waals surface area (Å²) in [6, 6.07) is 7.02. The first kappa shape index (κ1) is 15.9. The van der Waals surface area contributed by atoms with E-state index in [-0.39, 0.29) is 5.91 Å². The van der Waals surface area contributed by atoms with Crippen LogP contribution in [0.25, 0.3) is 0 Å². The summed E-state index contributed by atoms with van der Waals surface area (Å²) in [5.41, 5.74) is 2.61. The Bertz CT molecular complexity index is 399. The number of nitrogen functional groups attached to an aromatic ring is 1. The fraction of sp³-hybridized carbons (Fsp3) is 0.500. The van der Waals surface area contributed by atoms with Gasteiger partial charge in [0.2, 0.25) is 0 Å². The second-order valence-corrected chi connectivity index (χ2v) is 5.59. The molecule has 1 rings (SSSR count). The SMILES string of the molecule is CCC(C)CSCCOc1cccc(C(=O)NN)c1. The Balaban J connectivity index is 2.31. The quantitative estimate of drug-likeness (QED) is 0.333. The Morgan fingerprint density at radius 2 is 2.32 bits per heavy atom.